The van der Waals surface area contributed by atoms with Crippen LogP contribution in [-0.2, 0) is 17.8 Å². The minimum absolute atomic E-state index is 0.0623. The molecule has 0 amide bonds. The molecular formula is C18H14N3O6-. The normalized spacial score (nSPS) is 11.1. The van der Waals surface area contributed by atoms with Gasteiger partial charge in [-0.2, -0.15) is 0 Å². The van der Waals surface area contributed by atoms with Crippen LogP contribution >= 0.6 is 0 Å². The molecule has 9 nitrogen and oxygen atoms in total. The molecule has 0 bridgehead atoms. The van der Waals surface area contributed by atoms with Gasteiger partial charge in [0.25, 0.3) is 5.56 Å². The molecule has 9 heteroatoms. The van der Waals surface area contributed by atoms with E-state index < -0.39 is 23.1 Å². The Bertz CT molecular complexity index is 1090. The van der Waals surface area contributed by atoms with Gasteiger partial charge in [-0.25, -0.2) is 4.79 Å². The van der Waals surface area contributed by atoms with E-state index in [0.29, 0.717) is 17.0 Å². The summed E-state index contributed by atoms with van der Waals surface area (Å²) in [6.07, 6.45) is 2.33. The fourth-order valence-corrected chi connectivity index (χ4v) is 2.40. The number of aliphatic imine (C=N–C) groups is 1. The van der Waals surface area contributed by atoms with Gasteiger partial charge in [0.2, 0.25) is 5.88 Å². The van der Waals surface area contributed by atoms with Crippen molar-refractivity contribution in [3.8, 4) is 5.88 Å². The van der Waals surface area contributed by atoms with Gasteiger partial charge in [-0.3, -0.25) is 19.3 Å². The zero-order chi connectivity index (χ0) is 19.4. The van der Waals surface area contributed by atoms with Gasteiger partial charge in [0.1, 0.15) is 11.3 Å². The molecule has 0 aliphatic heterocycles. The minimum atomic E-state index is -1.19. The molecule has 0 saturated heterocycles. The number of carboxylic acid groups (broad SMARTS) is 1. The van der Waals surface area contributed by atoms with Crippen LogP contribution in [0.15, 0.2) is 61.7 Å². The van der Waals surface area contributed by atoms with Crippen molar-refractivity contribution in [2.75, 3.05) is 0 Å². The Morgan fingerprint density at radius 1 is 1.26 bits per heavy atom. The summed E-state index contributed by atoms with van der Waals surface area (Å²) in [7, 11) is 0. The van der Waals surface area contributed by atoms with Crippen molar-refractivity contribution < 1.29 is 19.4 Å². The maximum Gasteiger partial charge on any atom is 0.331 e. The summed E-state index contributed by atoms with van der Waals surface area (Å²) in [5.74, 6) is -1.31. The predicted octanol–water partition coefficient (Wildman–Crippen LogP) is -0.0735. The van der Waals surface area contributed by atoms with Gasteiger partial charge in [0.15, 0.2) is 0 Å². The van der Waals surface area contributed by atoms with E-state index >= 15 is 0 Å². The lowest BCUT2D eigenvalue weighted by Gasteiger charge is -2.08. The van der Waals surface area contributed by atoms with Crippen LogP contribution in [-0.4, -0.2) is 26.8 Å². The lowest BCUT2D eigenvalue weighted by molar-refractivity contribution is -0.304. The highest BCUT2D eigenvalue weighted by molar-refractivity contribution is 5.84. The number of nitrogens with one attached hydrogen (secondary N) is 1. The van der Waals surface area contributed by atoms with E-state index in [1.165, 1.54) is 6.26 Å². The lowest BCUT2D eigenvalue weighted by atomic mass is 10.1. The molecule has 0 fully saturated rings. The van der Waals surface area contributed by atoms with Crippen molar-refractivity contribution in [2.45, 2.75) is 13.0 Å². The number of aromatic hydroxyl groups is 1. The number of carboxylic acids is 1. The second-order valence-electron chi connectivity index (χ2n) is 5.64. The van der Waals surface area contributed by atoms with Crippen LogP contribution in [0.3, 0.4) is 0 Å². The lowest BCUT2D eigenvalue weighted by Crippen LogP contribution is -2.32. The number of rotatable bonds is 6. The number of aromatic amines is 1. The van der Waals surface area contributed by atoms with Crippen LogP contribution < -0.4 is 16.4 Å². The molecular weight excluding hydrogens is 354 g/mol. The van der Waals surface area contributed by atoms with Crippen LogP contribution in [0.2, 0.25) is 0 Å². The fraction of sp³-hybridized carbons (Fsp3) is 0.111. The number of benzene rings is 1. The Hall–Kier alpha value is -3.88. The summed E-state index contributed by atoms with van der Waals surface area (Å²) in [5.41, 5.74) is -0.788. The highest BCUT2D eigenvalue weighted by Crippen LogP contribution is 2.15. The van der Waals surface area contributed by atoms with Crippen LogP contribution in [0.25, 0.3) is 0 Å². The van der Waals surface area contributed by atoms with Crippen LogP contribution in [0, 0.1) is 0 Å². The predicted molar refractivity (Wildman–Crippen MR) is 93.2 cm³/mol. The number of furan rings is 1. The highest BCUT2D eigenvalue weighted by Gasteiger charge is 2.13. The summed E-state index contributed by atoms with van der Waals surface area (Å²) in [6.45, 7) is -0.0623. The van der Waals surface area contributed by atoms with E-state index in [0.717, 1.165) is 10.8 Å². The van der Waals surface area contributed by atoms with Gasteiger partial charge >= 0.3 is 5.69 Å². The third-order valence-electron chi connectivity index (χ3n) is 3.73. The molecule has 0 aliphatic rings. The molecule has 1 aromatic carbocycles. The fourth-order valence-electron chi connectivity index (χ4n) is 2.40. The number of carbonyl (C=O) groups excluding carboxylic acids is 1. The SMILES string of the molecule is O=C([O-])Cc1ccc(N=Cc2c(O)n(Cc3ccco3)c(=O)[nH]c2=O)cc1. The third kappa shape index (κ3) is 4.21. The van der Waals surface area contributed by atoms with Gasteiger partial charge in [-0.1, -0.05) is 12.1 Å². The third-order valence-corrected chi connectivity index (χ3v) is 3.73. The van der Waals surface area contributed by atoms with Gasteiger partial charge in [-0.05, 0) is 29.8 Å². The Morgan fingerprint density at radius 2 is 2.00 bits per heavy atom. The Kier molecular flexibility index (Phi) is 5.02. The summed E-state index contributed by atoms with van der Waals surface area (Å²) in [6, 6.07) is 9.49. The van der Waals surface area contributed by atoms with Crippen molar-refractivity contribution in [3.63, 3.8) is 0 Å². The first-order valence-corrected chi connectivity index (χ1v) is 7.85. The van der Waals surface area contributed by atoms with Crippen molar-refractivity contribution in [3.05, 3.63) is 80.4 Å². The van der Waals surface area contributed by atoms with Crippen LogP contribution in [0.4, 0.5) is 5.69 Å². The molecule has 0 aliphatic carbocycles. The van der Waals surface area contributed by atoms with Crippen LogP contribution in [0.5, 0.6) is 5.88 Å². The zero-order valence-electron chi connectivity index (χ0n) is 13.9. The molecule has 27 heavy (non-hydrogen) atoms. The Labute approximate surface area is 151 Å². The average Bonchev–Trinajstić information content (AvgIpc) is 3.12. The zero-order valence-corrected chi connectivity index (χ0v) is 13.9. The molecule has 2 heterocycles. The van der Waals surface area contributed by atoms with E-state index in [9.17, 15) is 24.6 Å². The molecule has 2 aromatic heterocycles. The molecule has 0 atom stereocenters. The molecule has 2 N–H and O–H groups in total. The molecule has 0 radical (unpaired) electrons. The van der Waals surface area contributed by atoms with E-state index in [2.05, 4.69) is 9.98 Å². The van der Waals surface area contributed by atoms with E-state index in [1.807, 2.05) is 0 Å². The van der Waals surface area contributed by atoms with Crippen LogP contribution in [0.1, 0.15) is 16.9 Å². The Balaban J connectivity index is 1.90. The highest BCUT2D eigenvalue weighted by atomic mass is 16.4. The first-order valence-electron chi connectivity index (χ1n) is 7.85. The van der Waals surface area contributed by atoms with Crippen molar-refractivity contribution >= 4 is 17.9 Å². The Morgan fingerprint density at radius 3 is 2.63 bits per heavy atom. The molecule has 3 aromatic rings. The minimum Gasteiger partial charge on any atom is -0.550 e. The quantitative estimate of drug-likeness (QED) is 0.583. The van der Waals surface area contributed by atoms with Crippen molar-refractivity contribution in [2.24, 2.45) is 4.99 Å². The summed E-state index contributed by atoms with van der Waals surface area (Å²) in [5, 5.41) is 20.9. The number of carbonyl (C=O) groups is 1. The maximum atomic E-state index is 12.0. The van der Waals surface area contributed by atoms with E-state index in [1.54, 1.807) is 36.4 Å². The first-order chi connectivity index (χ1) is 12.9. The summed E-state index contributed by atoms with van der Waals surface area (Å²) < 4.78 is 6.09. The van der Waals surface area contributed by atoms with Crippen molar-refractivity contribution in [1.82, 2.24) is 9.55 Å². The molecule has 0 saturated carbocycles. The smallest absolute Gasteiger partial charge is 0.331 e. The second kappa shape index (κ2) is 7.56. The number of hydrogen-bond donors (Lipinski definition) is 2. The number of hydrogen-bond acceptors (Lipinski definition) is 7. The second-order valence-corrected chi connectivity index (χ2v) is 5.64. The summed E-state index contributed by atoms with van der Waals surface area (Å²) in [4.78, 5) is 40.7. The van der Waals surface area contributed by atoms with Gasteiger partial charge in [0, 0.05) is 18.6 Å². The molecule has 3 rings (SSSR count). The number of aromatic nitrogens is 2. The van der Waals surface area contributed by atoms with Gasteiger partial charge < -0.3 is 19.4 Å². The molecule has 138 valence electrons. The van der Waals surface area contributed by atoms with Crippen molar-refractivity contribution in [1.29, 1.82) is 0 Å². The molecule has 0 spiro atoms. The van der Waals surface area contributed by atoms with Gasteiger partial charge in [0.05, 0.1) is 18.5 Å². The molecule has 0 unspecified atom stereocenters. The van der Waals surface area contributed by atoms with E-state index in [4.69, 9.17) is 4.42 Å². The topological polar surface area (TPSA) is 141 Å². The summed E-state index contributed by atoms with van der Waals surface area (Å²) >= 11 is 0. The largest absolute Gasteiger partial charge is 0.550 e. The standard InChI is InChI=1S/C18H15N3O6/c22-15(23)8-11-3-5-12(6-4-11)19-9-14-16(24)20-18(26)21(17(14)25)10-13-2-1-7-27-13/h1-7,9,25H,8,10H2,(H,22,23)(H,20,24,26)/p-1. The average molecular weight is 368 g/mol. The number of aliphatic carboxylic acids is 1. The maximum absolute atomic E-state index is 12.0. The number of nitrogens with zero attached hydrogens (tertiary/aromatic N) is 2. The van der Waals surface area contributed by atoms with Gasteiger partial charge in [-0.15, -0.1) is 0 Å². The monoisotopic (exact) mass is 368 g/mol. The first kappa shape index (κ1) is 17.9. The van der Waals surface area contributed by atoms with E-state index in [-0.39, 0.29) is 18.5 Å². The number of H-pyrrole nitrogens is 1.